The zero-order valence-corrected chi connectivity index (χ0v) is 15.8. The van der Waals surface area contributed by atoms with Gasteiger partial charge in [-0.1, -0.05) is 0 Å². The van der Waals surface area contributed by atoms with E-state index in [-0.39, 0.29) is 5.41 Å². The monoisotopic (exact) mass is 368 g/mol. The summed E-state index contributed by atoms with van der Waals surface area (Å²) in [6.07, 6.45) is 8.57. The average molecular weight is 368 g/mol. The van der Waals surface area contributed by atoms with E-state index in [0.717, 1.165) is 68.7 Å². The van der Waals surface area contributed by atoms with Crippen molar-refractivity contribution in [2.75, 3.05) is 26.2 Å². The van der Waals surface area contributed by atoms with Crippen molar-refractivity contribution in [1.82, 2.24) is 20.0 Å². The van der Waals surface area contributed by atoms with Crippen LogP contribution in [0.25, 0.3) is 11.5 Å². The Bertz CT molecular complexity index is 795. The van der Waals surface area contributed by atoms with Gasteiger partial charge in [0.2, 0.25) is 5.91 Å². The van der Waals surface area contributed by atoms with Crippen LogP contribution in [0.3, 0.4) is 0 Å². The van der Waals surface area contributed by atoms with Crippen LogP contribution < -0.4 is 0 Å². The van der Waals surface area contributed by atoms with E-state index in [0.29, 0.717) is 5.91 Å². The van der Waals surface area contributed by atoms with Gasteiger partial charge in [-0.25, -0.2) is 0 Å². The number of carbonyl (C=O) groups is 1. The Morgan fingerprint density at radius 2 is 2.15 bits per heavy atom. The number of H-pyrrole nitrogens is 1. The van der Waals surface area contributed by atoms with Crippen molar-refractivity contribution in [1.29, 1.82) is 0 Å². The molecule has 0 aromatic carbocycles. The van der Waals surface area contributed by atoms with Gasteiger partial charge < -0.3 is 9.32 Å². The molecule has 3 aliphatic rings. The number of hydrogen-bond acceptors (Lipinski definition) is 4. The Hall–Kier alpha value is -2.08. The third kappa shape index (κ3) is 3.68. The van der Waals surface area contributed by atoms with Gasteiger partial charge in [-0.3, -0.25) is 14.8 Å². The van der Waals surface area contributed by atoms with Crippen LogP contribution in [0.4, 0.5) is 0 Å². The minimum absolute atomic E-state index is 0.278. The molecule has 0 bridgehead atoms. The molecule has 5 rings (SSSR count). The SMILES string of the molecule is O=C1CCC2(CCCN(Cc3ccc(-c4ccn[nH]4)o3)C2)CN1CC1CC1. The molecule has 1 N–H and O–H groups in total. The standard InChI is InChI=1S/C21H28N4O2/c26-20-6-9-21(15-25(20)12-16-2-3-16)8-1-11-24(14-21)13-17-4-5-19(27-17)18-7-10-22-23-18/h4-5,7,10,16H,1-3,6,8-9,11-15H2,(H,22,23). The summed E-state index contributed by atoms with van der Waals surface area (Å²) in [5, 5.41) is 6.94. The molecule has 3 fully saturated rings. The first kappa shape index (κ1) is 17.0. The number of aromatic amines is 1. The summed E-state index contributed by atoms with van der Waals surface area (Å²) in [7, 11) is 0. The first-order valence-corrected chi connectivity index (χ1v) is 10.3. The van der Waals surface area contributed by atoms with Gasteiger partial charge in [0.1, 0.15) is 11.5 Å². The number of nitrogens with one attached hydrogen (secondary N) is 1. The van der Waals surface area contributed by atoms with E-state index < -0.39 is 0 Å². The van der Waals surface area contributed by atoms with Gasteiger partial charge >= 0.3 is 0 Å². The quantitative estimate of drug-likeness (QED) is 0.880. The second-order valence-electron chi connectivity index (χ2n) is 8.77. The maximum Gasteiger partial charge on any atom is 0.222 e. The second kappa shape index (κ2) is 6.82. The normalized spacial score (nSPS) is 26.8. The predicted molar refractivity (Wildman–Crippen MR) is 102 cm³/mol. The van der Waals surface area contributed by atoms with Crippen LogP contribution in [-0.2, 0) is 11.3 Å². The van der Waals surface area contributed by atoms with E-state index in [2.05, 4.69) is 26.1 Å². The summed E-state index contributed by atoms with van der Waals surface area (Å²) in [5.41, 5.74) is 1.19. The molecule has 4 heterocycles. The van der Waals surface area contributed by atoms with Crippen molar-refractivity contribution in [2.24, 2.45) is 11.3 Å². The van der Waals surface area contributed by atoms with E-state index in [1.807, 2.05) is 12.1 Å². The molecule has 1 spiro atoms. The fourth-order valence-corrected chi connectivity index (χ4v) is 4.88. The molecule has 6 heteroatoms. The smallest absolute Gasteiger partial charge is 0.222 e. The van der Waals surface area contributed by atoms with E-state index in [1.165, 1.54) is 25.7 Å². The Labute approximate surface area is 159 Å². The predicted octanol–water partition coefficient (Wildman–Crippen LogP) is 3.28. The molecule has 144 valence electrons. The number of carbonyl (C=O) groups excluding carboxylic acids is 1. The summed E-state index contributed by atoms with van der Waals surface area (Å²) in [6, 6.07) is 6.01. The minimum atomic E-state index is 0.278. The van der Waals surface area contributed by atoms with Crippen LogP contribution in [0.1, 0.15) is 44.3 Å². The molecule has 27 heavy (non-hydrogen) atoms. The summed E-state index contributed by atoms with van der Waals surface area (Å²) in [6.45, 7) is 4.97. The highest BCUT2D eigenvalue weighted by molar-refractivity contribution is 5.77. The molecule has 1 unspecified atom stereocenters. The molecular weight excluding hydrogens is 340 g/mol. The Balaban J connectivity index is 1.24. The number of hydrogen-bond donors (Lipinski definition) is 1. The fraction of sp³-hybridized carbons (Fsp3) is 0.619. The van der Waals surface area contributed by atoms with Crippen LogP contribution in [0, 0.1) is 11.3 Å². The summed E-state index contributed by atoms with van der Waals surface area (Å²) >= 11 is 0. The lowest BCUT2D eigenvalue weighted by molar-refractivity contribution is -0.139. The highest BCUT2D eigenvalue weighted by atomic mass is 16.3. The van der Waals surface area contributed by atoms with Gasteiger partial charge in [0.25, 0.3) is 0 Å². The lowest BCUT2D eigenvalue weighted by Gasteiger charge is -2.48. The molecular formula is C21H28N4O2. The maximum atomic E-state index is 12.4. The summed E-state index contributed by atoms with van der Waals surface area (Å²) in [4.78, 5) is 17.1. The molecule has 2 aliphatic heterocycles. The van der Waals surface area contributed by atoms with E-state index in [9.17, 15) is 4.79 Å². The van der Waals surface area contributed by atoms with Crippen molar-refractivity contribution in [2.45, 2.75) is 45.1 Å². The van der Waals surface area contributed by atoms with Crippen LogP contribution >= 0.6 is 0 Å². The molecule has 1 saturated carbocycles. The molecule has 2 saturated heterocycles. The molecule has 6 nitrogen and oxygen atoms in total. The van der Waals surface area contributed by atoms with Crippen molar-refractivity contribution in [3.63, 3.8) is 0 Å². The number of amides is 1. The van der Waals surface area contributed by atoms with Crippen LogP contribution in [0.5, 0.6) is 0 Å². The highest BCUT2D eigenvalue weighted by Gasteiger charge is 2.42. The number of furan rings is 1. The Morgan fingerprint density at radius 1 is 1.22 bits per heavy atom. The van der Waals surface area contributed by atoms with Crippen molar-refractivity contribution < 1.29 is 9.21 Å². The first-order chi connectivity index (χ1) is 13.2. The molecule has 2 aromatic rings. The third-order valence-electron chi connectivity index (χ3n) is 6.47. The van der Waals surface area contributed by atoms with Gasteiger partial charge in [-0.15, -0.1) is 0 Å². The van der Waals surface area contributed by atoms with Crippen LogP contribution in [-0.4, -0.2) is 52.1 Å². The zero-order valence-electron chi connectivity index (χ0n) is 15.8. The minimum Gasteiger partial charge on any atom is -0.458 e. The van der Waals surface area contributed by atoms with Crippen molar-refractivity contribution in [3.8, 4) is 11.5 Å². The van der Waals surface area contributed by atoms with Crippen molar-refractivity contribution in [3.05, 3.63) is 30.2 Å². The second-order valence-corrected chi connectivity index (χ2v) is 8.77. The maximum absolute atomic E-state index is 12.4. The lowest BCUT2D eigenvalue weighted by Crippen LogP contribution is -2.54. The number of aromatic nitrogens is 2. The number of piperidine rings is 2. The van der Waals surface area contributed by atoms with Gasteiger partial charge in [-0.2, -0.15) is 5.10 Å². The van der Waals surface area contributed by atoms with Crippen molar-refractivity contribution >= 4 is 5.91 Å². The number of nitrogens with zero attached hydrogens (tertiary/aromatic N) is 3. The highest BCUT2D eigenvalue weighted by Crippen LogP contribution is 2.41. The van der Waals surface area contributed by atoms with E-state index in [4.69, 9.17) is 4.42 Å². The average Bonchev–Trinajstić information content (AvgIpc) is 3.12. The molecule has 1 aliphatic carbocycles. The largest absolute Gasteiger partial charge is 0.458 e. The first-order valence-electron chi connectivity index (χ1n) is 10.3. The molecule has 1 atom stereocenters. The third-order valence-corrected chi connectivity index (χ3v) is 6.47. The van der Waals surface area contributed by atoms with Gasteiger partial charge in [-0.05, 0) is 62.8 Å². The molecule has 0 radical (unpaired) electrons. The van der Waals surface area contributed by atoms with Gasteiger partial charge in [0.15, 0.2) is 5.76 Å². The molecule has 2 aromatic heterocycles. The summed E-state index contributed by atoms with van der Waals surface area (Å²) < 4.78 is 6.03. The lowest BCUT2D eigenvalue weighted by atomic mass is 9.73. The number of likely N-dealkylation sites (tertiary alicyclic amines) is 2. The topological polar surface area (TPSA) is 65.4 Å². The zero-order chi connectivity index (χ0) is 18.3. The summed E-state index contributed by atoms with van der Waals surface area (Å²) in [5.74, 6) is 2.99. The van der Waals surface area contributed by atoms with Gasteiger partial charge in [0, 0.05) is 37.7 Å². The van der Waals surface area contributed by atoms with Gasteiger partial charge in [0.05, 0.1) is 6.54 Å². The molecule has 1 amide bonds. The Kier molecular flexibility index (Phi) is 4.31. The Morgan fingerprint density at radius 3 is 2.96 bits per heavy atom. The van der Waals surface area contributed by atoms with E-state index >= 15 is 0 Å². The number of rotatable bonds is 5. The van der Waals surface area contributed by atoms with Crippen LogP contribution in [0.2, 0.25) is 0 Å². The van der Waals surface area contributed by atoms with E-state index in [1.54, 1.807) is 6.20 Å². The van der Waals surface area contributed by atoms with Crippen LogP contribution in [0.15, 0.2) is 28.8 Å². The fourth-order valence-electron chi connectivity index (χ4n) is 4.88.